The quantitative estimate of drug-likeness (QED) is 0.437. The summed E-state index contributed by atoms with van der Waals surface area (Å²) in [7, 11) is 0. The average Bonchev–Trinajstić information content (AvgIpc) is 1.82. The van der Waals surface area contributed by atoms with Crippen molar-refractivity contribution in [2.24, 2.45) is 0 Å². The Hall–Kier alpha value is 0.430. The van der Waals surface area contributed by atoms with Crippen LogP contribution in [0.3, 0.4) is 0 Å². The van der Waals surface area contributed by atoms with Crippen LogP contribution >= 0.6 is 0 Å². The van der Waals surface area contributed by atoms with Gasteiger partial charge >= 0.3 is 29.6 Å². The molecule has 0 aliphatic heterocycles. The molecule has 0 aromatic carbocycles. The number of carboxylic acids is 1. The number of rotatable bonds is 5. The smallest absolute Gasteiger partial charge is 0.550 e. The number of carboxylic acid groups (broad SMARTS) is 1. The van der Waals surface area contributed by atoms with Gasteiger partial charge in [-0.1, -0.05) is 19.8 Å². The van der Waals surface area contributed by atoms with Crippen LogP contribution in [0.25, 0.3) is 0 Å². The van der Waals surface area contributed by atoms with Crippen LogP contribution in [0, 0.1) is 0 Å². The van der Waals surface area contributed by atoms with Gasteiger partial charge in [0.25, 0.3) is 0 Å². The summed E-state index contributed by atoms with van der Waals surface area (Å²) in [6, 6.07) is 0. The first-order valence-corrected chi connectivity index (χ1v) is 3.54. The Balaban J connectivity index is 0. The molecule has 1 N–H and O–H groups in total. The van der Waals surface area contributed by atoms with Crippen LogP contribution in [-0.4, -0.2) is 17.2 Å². The molecule has 0 amide bonds. The van der Waals surface area contributed by atoms with E-state index < -0.39 is 12.1 Å². The molecular formula is C7H13NaO3. The van der Waals surface area contributed by atoms with E-state index in [0.29, 0.717) is 6.42 Å². The summed E-state index contributed by atoms with van der Waals surface area (Å²) in [5, 5.41) is 18.8. The summed E-state index contributed by atoms with van der Waals surface area (Å²) >= 11 is 0. The third-order valence-corrected chi connectivity index (χ3v) is 1.29. The standard InChI is InChI=1S/C7H14O3.Na/c1-2-3-4-6(8)5-7(9)10;/h6,8H,2-5H2,1H3,(H,9,10);/q;+1/p-1. The second-order valence-corrected chi connectivity index (χ2v) is 2.37. The van der Waals surface area contributed by atoms with E-state index in [1.807, 2.05) is 6.92 Å². The Morgan fingerprint density at radius 1 is 1.64 bits per heavy atom. The van der Waals surface area contributed by atoms with Gasteiger partial charge in [0.15, 0.2) is 0 Å². The fraction of sp³-hybridized carbons (Fsp3) is 0.857. The molecule has 0 aromatic rings. The molecule has 60 valence electrons. The van der Waals surface area contributed by atoms with Crippen LogP contribution in [0.2, 0.25) is 0 Å². The fourth-order valence-corrected chi connectivity index (χ4v) is 0.734. The van der Waals surface area contributed by atoms with E-state index in [2.05, 4.69) is 0 Å². The SMILES string of the molecule is CCCCC(O)CC(=O)[O-].[Na+]. The van der Waals surface area contributed by atoms with Gasteiger partial charge < -0.3 is 15.0 Å². The maximum atomic E-state index is 9.90. The summed E-state index contributed by atoms with van der Waals surface area (Å²) in [6.45, 7) is 1.99. The van der Waals surface area contributed by atoms with Crippen LogP contribution in [0.15, 0.2) is 0 Å². The summed E-state index contributed by atoms with van der Waals surface area (Å²) in [5.41, 5.74) is 0. The number of aliphatic carboxylic acids is 1. The third kappa shape index (κ3) is 10.4. The zero-order chi connectivity index (χ0) is 7.98. The van der Waals surface area contributed by atoms with Crippen LogP contribution in [0.4, 0.5) is 0 Å². The first-order valence-electron chi connectivity index (χ1n) is 3.54. The first-order chi connectivity index (χ1) is 4.66. The number of carbonyl (C=O) groups is 1. The molecule has 0 bridgehead atoms. The Morgan fingerprint density at radius 2 is 2.18 bits per heavy atom. The van der Waals surface area contributed by atoms with E-state index in [0.717, 1.165) is 12.8 Å². The van der Waals surface area contributed by atoms with Gasteiger partial charge in [0.2, 0.25) is 0 Å². The number of unbranched alkanes of at least 4 members (excludes halogenated alkanes) is 1. The minimum Gasteiger partial charge on any atom is -0.550 e. The second kappa shape index (κ2) is 8.53. The largest absolute Gasteiger partial charge is 1.00 e. The molecule has 0 spiro atoms. The molecule has 1 atom stereocenters. The molecule has 0 saturated heterocycles. The monoisotopic (exact) mass is 168 g/mol. The predicted molar refractivity (Wildman–Crippen MR) is 35.2 cm³/mol. The molecular weight excluding hydrogens is 155 g/mol. The Kier molecular flexibility index (Phi) is 10.8. The molecule has 11 heavy (non-hydrogen) atoms. The molecule has 4 heteroatoms. The van der Waals surface area contributed by atoms with Gasteiger partial charge in [-0.25, -0.2) is 0 Å². The van der Waals surface area contributed by atoms with Gasteiger partial charge in [-0.05, 0) is 6.42 Å². The van der Waals surface area contributed by atoms with Crippen molar-refractivity contribution in [3.63, 3.8) is 0 Å². The summed E-state index contributed by atoms with van der Waals surface area (Å²) in [6.07, 6.45) is 1.45. The van der Waals surface area contributed by atoms with Crippen LogP contribution < -0.4 is 34.7 Å². The number of aliphatic hydroxyl groups is 1. The minimum atomic E-state index is -1.18. The summed E-state index contributed by atoms with van der Waals surface area (Å²) in [5.74, 6) is -1.18. The van der Waals surface area contributed by atoms with Gasteiger partial charge in [0, 0.05) is 12.4 Å². The molecule has 0 aliphatic rings. The average molecular weight is 168 g/mol. The van der Waals surface area contributed by atoms with Gasteiger partial charge in [0.05, 0.1) is 6.10 Å². The first kappa shape index (κ1) is 14.0. The van der Waals surface area contributed by atoms with Crippen molar-refractivity contribution in [2.45, 2.75) is 38.7 Å². The van der Waals surface area contributed by atoms with Crippen molar-refractivity contribution in [1.82, 2.24) is 0 Å². The van der Waals surface area contributed by atoms with Crippen molar-refractivity contribution < 1.29 is 44.6 Å². The summed E-state index contributed by atoms with van der Waals surface area (Å²) < 4.78 is 0. The second-order valence-electron chi connectivity index (χ2n) is 2.37. The molecule has 0 fully saturated rings. The Morgan fingerprint density at radius 3 is 2.55 bits per heavy atom. The van der Waals surface area contributed by atoms with E-state index in [1.165, 1.54) is 0 Å². The fourth-order valence-electron chi connectivity index (χ4n) is 0.734. The number of carbonyl (C=O) groups excluding carboxylic acids is 1. The Bertz CT molecular complexity index is 106. The van der Waals surface area contributed by atoms with Crippen molar-refractivity contribution in [3.8, 4) is 0 Å². The molecule has 0 aromatic heterocycles. The number of aliphatic hydroxyl groups excluding tert-OH is 1. The zero-order valence-corrected chi connectivity index (χ0v) is 9.17. The number of hydrogen-bond donors (Lipinski definition) is 1. The van der Waals surface area contributed by atoms with Crippen LogP contribution in [0.1, 0.15) is 32.6 Å². The van der Waals surface area contributed by atoms with Crippen LogP contribution in [-0.2, 0) is 4.79 Å². The molecule has 0 rings (SSSR count). The normalized spacial score (nSPS) is 11.8. The molecule has 3 nitrogen and oxygen atoms in total. The van der Waals surface area contributed by atoms with E-state index in [9.17, 15) is 9.90 Å². The van der Waals surface area contributed by atoms with Crippen LogP contribution in [0.5, 0.6) is 0 Å². The van der Waals surface area contributed by atoms with Crippen molar-refractivity contribution in [1.29, 1.82) is 0 Å². The third-order valence-electron chi connectivity index (χ3n) is 1.29. The molecule has 0 heterocycles. The van der Waals surface area contributed by atoms with E-state index in [4.69, 9.17) is 5.11 Å². The summed E-state index contributed by atoms with van der Waals surface area (Å²) in [4.78, 5) is 9.90. The minimum absolute atomic E-state index is 0. The molecule has 1 unspecified atom stereocenters. The topological polar surface area (TPSA) is 60.4 Å². The van der Waals surface area contributed by atoms with Gasteiger partial charge in [0.1, 0.15) is 0 Å². The van der Waals surface area contributed by atoms with Gasteiger partial charge in [-0.15, -0.1) is 0 Å². The van der Waals surface area contributed by atoms with Crippen molar-refractivity contribution in [2.75, 3.05) is 0 Å². The van der Waals surface area contributed by atoms with Gasteiger partial charge in [-0.2, -0.15) is 0 Å². The zero-order valence-electron chi connectivity index (χ0n) is 7.17. The van der Waals surface area contributed by atoms with Crippen molar-refractivity contribution in [3.05, 3.63) is 0 Å². The predicted octanol–water partition coefficient (Wildman–Crippen LogP) is -3.32. The molecule has 0 aliphatic carbocycles. The van der Waals surface area contributed by atoms with E-state index >= 15 is 0 Å². The molecule has 0 saturated carbocycles. The maximum Gasteiger partial charge on any atom is 1.00 e. The molecule has 0 radical (unpaired) electrons. The van der Waals surface area contributed by atoms with E-state index in [1.54, 1.807) is 0 Å². The van der Waals surface area contributed by atoms with Crippen molar-refractivity contribution >= 4 is 5.97 Å². The van der Waals surface area contributed by atoms with E-state index in [-0.39, 0.29) is 36.0 Å². The maximum absolute atomic E-state index is 9.90. The number of hydrogen-bond acceptors (Lipinski definition) is 3. The Labute approximate surface area is 89.1 Å². The van der Waals surface area contributed by atoms with Gasteiger partial charge in [-0.3, -0.25) is 0 Å².